The van der Waals surface area contributed by atoms with Crippen molar-refractivity contribution in [2.24, 2.45) is 0 Å². The number of methoxy groups -OCH3 is 1. The Morgan fingerprint density at radius 2 is 2.03 bits per heavy atom. The summed E-state index contributed by atoms with van der Waals surface area (Å²) in [6.45, 7) is 1.93. The lowest BCUT2D eigenvalue weighted by Crippen LogP contribution is -2.58. The van der Waals surface area contributed by atoms with Crippen molar-refractivity contribution in [2.75, 3.05) is 27.2 Å². The van der Waals surface area contributed by atoms with Gasteiger partial charge in [0.1, 0.15) is 5.76 Å². The van der Waals surface area contributed by atoms with Crippen LogP contribution in [0, 0.1) is 0 Å². The lowest BCUT2D eigenvalue weighted by atomic mass is 9.79. The third kappa shape index (κ3) is 4.32. The number of hydrogen-bond acceptors (Lipinski definition) is 5. The number of likely N-dealkylation sites (N-methyl/N-ethyl adjacent to an activating group) is 1. The molecule has 3 heterocycles. The molecular weight excluding hydrogens is 366 g/mol. The van der Waals surface area contributed by atoms with E-state index < -0.39 is 0 Å². The number of likely N-dealkylation sites (tertiary alicyclic amines) is 2. The van der Waals surface area contributed by atoms with Crippen LogP contribution in [0.25, 0.3) is 0 Å². The molecule has 2 saturated heterocycles. The van der Waals surface area contributed by atoms with E-state index in [1.165, 1.54) is 12.0 Å². The summed E-state index contributed by atoms with van der Waals surface area (Å²) < 4.78 is 10.4. The van der Waals surface area contributed by atoms with Crippen molar-refractivity contribution in [1.82, 2.24) is 15.0 Å². The van der Waals surface area contributed by atoms with Gasteiger partial charge in [0.25, 0.3) is 5.88 Å². The van der Waals surface area contributed by atoms with Crippen molar-refractivity contribution in [3.05, 3.63) is 47.7 Å². The maximum absolute atomic E-state index is 13.4. The van der Waals surface area contributed by atoms with Crippen molar-refractivity contribution >= 4 is 5.91 Å². The predicted molar refractivity (Wildman–Crippen MR) is 111 cm³/mol. The highest BCUT2D eigenvalue weighted by atomic mass is 16.5. The molecule has 3 atom stereocenters. The Morgan fingerprint density at radius 1 is 1.21 bits per heavy atom. The standard InChI is InChI=1S/C23H31N3O3/c1-25-15-13-19(17-8-4-3-5-9-17)23-20(25)10-6-7-14-26(23)22(27)12-11-18-16-21(28-2)24-29-18/h3-5,8-9,16,19-20,23H,6-7,10-15H2,1-2H3/t19-,20-,23-/m1/s1. The molecule has 2 fully saturated rings. The van der Waals surface area contributed by atoms with E-state index in [0.717, 1.165) is 32.4 Å². The average molecular weight is 398 g/mol. The summed E-state index contributed by atoms with van der Waals surface area (Å²) in [4.78, 5) is 18.0. The molecule has 0 saturated carbocycles. The van der Waals surface area contributed by atoms with Gasteiger partial charge in [0.15, 0.2) is 0 Å². The van der Waals surface area contributed by atoms with Crippen LogP contribution in [0.2, 0.25) is 0 Å². The van der Waals surface area contributed by atoms with Crippen LogP contribution >= 0.6 is 0 Å². The number of piperidine rings is 1. The highest BCUT2D eigenvalue weighted by Crippen LogP contribution is 2.38. The second kappa shape index (κ2) is 8.99. The summed E-state index contributed by atoms with van der Waals surface area (Å²) >= 11 is 0. The summed E-state index contributed by atoms with van der Waals surface area (Å²) in [6.07, 6.45) is 5.49. The van der Waals surface area contributed by atoms with Gasteiger partial charge in [-0.2, -0.15) is 0 Å². The lowest BCUT2D eigenvalue weighted by molar-refractivity contribution is -0.136. The molecule has 2 aliphatic heterocycles. The molecule has 0 spiro atoms. The Hall–Kier alpha value is -2.34. The number of carbonyl (C=O) groups excluding carboxylic acids is 1. The Kier molecular flexibility index (Phi) is 6.19. The van der Waals surface area contributed by atoms with Crippen LogP contribution in [0.3, 0.4) is 0 Å². The molecule has 0 radical (unpaired) electrons. The number of amides is 1. The lowest BCUT2D eigenvalue weighted by Gasteiger charge is -2.48. The topological polar surface area (TPSA) is 58.8 Å². The molecule has 0 unspecified atom stereocenters. The molecular formula is C23H31N3O3. The van der Waals surface area contributed by atoms with E-state index in [2.05, 4.69) is 52.3 Å². The van der Waals surface area contributed by atoms with Crippen LogP contribution in [-0.4, -0.2) is 60.2 Å². The average Bonchev–Trinajstić information content (AvgIpc) is 3.10. The van der Waals surface area contributed by atoms with Crippen molar-refractivity contribution in [3.8, 4) is 5.88 Å². The molecule has 29 heavy (non-hydrogen) atoms. The molecule has 0 bridgehead atoms. The van der Waals surface area contributed by atoms with Gasteiger partial charge in [-0.1, -0.05) is 36.8 Å². The number of benzene rings is 1. The first-order valence-corrected chi connectivity index (χ1v) is 10.7. The van der Waals surface area contributed by atoms with Crippen molar-refractivity contribution in [3.63, 3.8) is 0 Å². The summed E-state index contributed by atoms with van der Waals surface area (Å²) in [5, 5.41) is 3.84. The molecule has 1 aromatic carbocycles. The van der Waals surface area contributed by atoms with E-state index in [4.69, 9.17) is 9.26 Å². The minimum atomic E-state index is 0.216. The molecule has 6 nitrogen and oxygen atoms in total. The number of nitrogens with zero attached hydrogens (tertiary/aromatic N) is 3. The molecule has 1 aromatic heterocycles. The first-order chi connectivity index (χ1) is 14.2. The van der Waals surface area contributed by atoms with Gasteiger partial charge < -0.3 is 19.1 Å². The molecule has 0 N–H and O–H groups in total. The third-order valence-corrected chi connectivity index (χ3v) is 6.55. The monoisotopic (exact) mass is 397 g/mol. The normalized spacial score (nSPS) is 25.3. The molecule has 156 valence electrons. The van der Waals surface area contributed by atoms with Crippen molar-refractivity contribution < 1.29 is 14.1 Å². The molecule has 4 rings (SSSR count). The Morgan fingerprint density at radius 3 is 2.79 bits per heavy atom. The highest BCUT2D eigenvalue weighted by Gasteiger charge is 2.43. The van der Waals surface area contributed by atoms with Crippen LogP contribution in [-0.2, 0) is 11.2 Å². The van der Waals surface area contributed by atoms with Crippen molar-refractivity contribution in [2.45, 2.75) is 56.5 Å². The van der Waals surface area contributed by atoms with Crippen LogP contribution in [0.5, 0.6) is 5.88 Å². The van der Waals surface area contributed by atoms with Gasteiger partial charge in [-0.25, -0.2) is 0 Å². The van der Waals surface area contributed by atoms with Gasteiger partial charge in [-0.3, -0.25) is 4.79 Å². The van der Waals surface area contributed by atoms with Gasteiger partial charge >= 0.3 is 0 Å². The number of hydrogen-bond donors (Lipinski definition) is 0. The zero-order chi connectivity index (χ0) is 20.2. The molecule has 2 aromatic rings. The van der Waals surface area contributed by atoms with Crippen LogP contribution in [0.4, 0.5) is 0 Å². The second-order valence-corrected chi connectivity index (χ2v) is 8.26. The number of carbonyl (C=O) groups is 1. The first kappa shape index (κ1) is 20.0. The SMILES string of the molecule is COc1cc(CCC(=O)N2CCCC[C@@H]3[C@H]2[C@@H](c2ccccc2)CCN3C)on1. The quantitative estimate of drug-likeness (QED) is 0.773. The number of fused-ring (bicyclic) bond motifs is 1. The van der Waals surface area contributed by atoms with E-state index in [0.29, 0.717) is 36.4 Å². The Labute approximate surface area is 172 Å². The molecule has 2 aliphatic rings. The summed E-state index contributed by atoms with van der Waals surface area (Å²) in [7, 11) is 3.78. The van der Waals surface area contributed by atoms with Crippen molar-refractivity contribution in [1.29, 1.82) is 0 Å². The fourth-order valence-electron chi connectivity index (χ4n) is 5.05. The molecule has 1 amide bonds. The number of aryl methyl sites for hydroxylation is 1. The van der Waals surface area contributed by atoms with Crippen LogP contribution < -0.4 is 4.74 Å². The summed E-state index contributed by atoms with van der Waals surface area (Å²) in [5.41, 5.74) is 1.36. The Bertz CT molecular complexity index is 807. The fourth-order valence-corrected chi connectivity index (χ4v) is 5.05. The van der Waals surface area contributed by atoms with Crippen LogP contribution in [0.1, 0.15) is 49.3 Å². The molecule has 0 aliphatic carbocycles. The maximum atomic E-state index is 13.4. The number of rotatable bonds is 5. The number of aromatic nitrogens is 1. The van der Waals surface area contributed by atoms with E-state index in [9.17, 15) is 4.79 Å². The van der Waals surface area contributed by atoms with E-state index >= 15 is 0 Å². The van der Waals surface area contributed by atoms with Gasteiger partial charge in [0.05, 0.1) is 13.2 Å². The summed E-state index contributed by atoms with van der Waals surface area (Å²) in [6, 6.07) is 13.2. The van der Waals surface area contributed by atoms with Gasteiger partial charge in [0, 0.05) is 37.4 Å². The smallest absolute Gasteiger partial charge is 0.254 e. The number of ether oxygens (including phenoxy) is 1. The minimum Gasteiger partial charge on any atom is -0.479 e. The third-order valence-electron chi connectivity index (χ3n) is 6.55. The van der Waals surface area contributed by atoms with E-state index in [-0.39, 0.29) is 11.9 Å². The van der Waals surface area contributed by atoms with E-state index in [1.807, 2.05) is 0 Å². The predicted octanol–water partition coefficient (Wildman–Crippen LogP) is 3.48. The maximum Gasteiger partial charge on any atom is 0.254 e. The first-order valence-electron chi connectivity index (χ1n) is 10.7. The largest absolute Gasteiger partial charge is 0.479 e. The Balaban J connectivity index is 1.55. The van der Waals surface area contributed by atoms with E-state index in [1.54, 1.807) is 13.2 Å². The summed E-state index contributed by atoms with van der Waals surface area (Å²) in [5.74, 6) is 1.76. The second-order valence-electron chi connectivity index (χ2n) is 8.26. The van der Waals surface area contributed by atoms with Gasteiger partial charge in [-0.05, 0) is 43.6 Å². The van der Waals surface area contributed by atoms with Crippen LogP contribution in [0.15, 0.2) is 40.9 Å². The minimum absolute atomic E-state index is 0.216. The van der Waals surface area contributed by atoms with Gasteiger partial charge in [0.2, 0.25) is 5.91 Å². The fraction of sp³-hybridized carbons (Fsp3) is 0.565. The zero-order valence-corrected chi connectivity index (χ0v) is 17.4. The highest BCUT2D eigenvalue weighted by molar-refractivity contribution is 5.77. The zero-order valence-electron chi connectivity index (χ0n) is 17.4. The van der Waals surface area contributed by atoms with Gasteiger partial charge in [-0.15, -0.1) is 0 Å². The molecule has 6 heteroatoms.